The third kappa shape index (κ3) is 5.42. The number of ether oxygens (including phenoxy) is 3. The lowest BCUT2D eigenvalue weighted by molar-refractivity contribution is -0.115. The van der Waals surface area contributed by atoms with Crippen LogP contribution in [0.4, 0.5) is 5.69 Å². The molecule has 1 amide bonds. The summed E-state index contributed by atoms with van der Waals surface area (Å²) >= 11 is 2.79. The second kappa shape index (κ2) is 10.4. The lowest BCUT2D eigenvalue weighted by Gasteiger charge is -2.08. The Morgan fingerprint density at radius 1 is 1.10 bits per heavy atom. The maximum atomic E-state index is 12.6. The number of thiophene rings is 1. The fourth-order valence-electron chi connectivity index (χ4n) is 2.92. The maximum absolute atomic E-state index is 12.6. The van der Waals surface area contributed by atoms with Gasteiger partial charge in [0, 0.05) is 10.3 Å². The first-order chi connectivity index (χ1) is 15.0. The summed E-state index contributed by atoms with van der Waals surface area (Å²) in [6, 6.07) is 7.26. The van der Waals surface area contributed by atoms with Crippen LogP contribution in [-0.4, -0.2) is 37.7 Å². The summed E-state index contributed by atoms with van der Waals surface area (Å²) < 4.78 is 15.8. The molecule has 3 rings (SSSR count). The minimum Gasteiger partial charge on any atom is -0.493 e. The average Bonchev–Trinajstić information content (AvgIpc) is 3.40. The molecule has 0 radical (unpaired) electrons. The number of aromatic nitrogens is 1. The highest BCUT2D eigenvalue weighted by Gasteiger charge is 2.21. The molecule has 3 aromatic rings. The van der Waals surface area contributed by atoms with Gasteiger partial charge in [0.05, 0.1) is 43.6 Å². The van der Waals surface area contributed by atoms with Crippen LogP contribution in [0.5, 0.6) is 11.5 Å². The Morgan fingerprint density at radius 2 is 1.87 bits per heavy atom. The van der Waals surface area contributed by atoms with E-state index in [1.54, 1.807) is 33.3 Å². The van der Waals surface area contributed by atoms with Gasteiger partial charge in [0.2, 0.25) is 5.91 Å². The number of benzene rings is 1. The minimum atomic E-state index is -0.476. The summed E-state index contributed by atoms with van der Waals surface area (Å²) in [6.45, 7) is 4.01. The van der Waals surface area contributed by atoms with E-state index in [9.17, 15) is 9.59 Å². The topological polar surface area (TPSA) is 86.8 Å². The van der Waals surface area contributed by atoms with Crippen LogP contribution in [0.15, 0.2) is 29.6 Å². The van der Waals surface area contributed by atoms with Gasteiger partial charge in [-0.2, -0.15) is 0 Å². The summed E-state index contributed by atoms with van der Waals surface area (Å²) in [6.07, 6.45) is 0.971. The van der Waals surface area contributed by atoms with E-state index in [2.05, 4.69) is 10.3 Å². The molecule has 1 aromatic carbocycles. The van der Waals surface area contributed by atoms with Gasteiger partial charge in [-0.15, -0.1) is 22.7 Å². The van der Waals surface area contributed by atoms with Crippen LogP contribution in [0.25, 0.3) is 10.4 Å². The third-order valence-electron chi connectivity index (χ3n) is 4.38. The van der Waals surface area contributed by atoms with Crippen LogP contribution in [0.3, 0.4) is 0 Å². The number of nitrogens with one attached hydrogen (secondary N) is 1. The second-order valence-electron chi connectivity index (χ2n) is 6.45. The molecule has 0 atom stereocenters. The largest absolute Gasteiger partial charge is 0.493 e. The van der Waals surface area contributed by atoms with E-state index in [4.69, 9.17) is 14.2 Å². The number of hydrogen-bond donors (Lipinski definition) is 1. The monoisotopic (exact) mass is 460 g/mol. The van der Waals surface area contributed by atoms with Crippen molar-refractivity contribution in [2.75, 3.05) is 26.1 Å². The number of anilines is 1. The smallest absolute Gasteiger partial charge is 0.350 e. The zero-order chi connectivity index (χ0) is 22.4. The van der Waals surface area contributed by atoms with Gasteiger partial charge in [0.1, 0.15) is 4.88 Å². The molecule has 0 aliphatic rings. The highest BCUT2D eigenvalue weighted by molar-refractivity contribution is 7.18. The van der Waals surface area contributed by atoms with E-state index in [0.717, 1.165) is 21.9 Å². The van der Waals surface area contributed by atoms with Gasteiger partial charge in [-0.3, -0.25) is 4.79 Å². The van der Waals surface area contributed by atoms with Gasteiger partial charge in [-0.25, -0.2) is 9.78 Å². The van der Waals surface area contributed by atoms with Crippen LogP contribution in [-0.2, 0) is 22.4 Å². The fraction of sp³-hybridized carbons (Fsp3) is 0.318. The number of carbonyl (C=O) groups is 2. The lowest BCUT2D eigenvalue weighted by Crippen LogP contribution is -2.16. The van der Waals surface area contributed by atoms with Gasteiger partial charge in [-0.1, -0.05) is 6.92 Å². The van der Waals surface area contributed by atoms with Crippen molar-refractivity contribution in [2.24, 2.45) is 0 Å². The molecular weight excluding hydrogens is 436 g/mol. The van der Waals surface area contributed by atoms with E-state index in [-0.39, 0.29) is 18.9 Å². The van der Waals surface area contributed by atoms with E-state index in [1.165, 1.54) is 22.7 Å². The highest BCUT2D eigenvalue weighted by atomic mass is 32.1. The Morgan fingerprint density at radius 3 is 2.52 bits per heavy atom. The SMILES string of the molecule is CCOC(=O)c1sc(-c2ccc(OC)c(OC)c2)cc1NC(=O)Cc1csc(CC)n1. The molecule has 1 N–H and O–H groups in total. The van der Waals surface area contributed by atoms with Gasteiger partial charge >= 0.3 is 5.97 Å². The predicted molar refractivity (Wildman–Crippen MR) is 123 cm³/mol. The second-order valence-corrected chi connectivity index (χ2v) is 8.45. The molecule has 2 heterocycles. The lowest BCUT2D eigenvalue weighted by atomic mass is 10.1. The summed E-state index contributed by atoms with van der Waals surface area (Å²) in [5.74, 6) is 0.468. The number of carbonyl (C=O) groups excluding carboxylic acids is 2. The first-order valence-electron chi connectivity index (χ1n) is 9.75. The van der Waals surface area contributed by atoms with Crippen LogP contribution >= 0.6 is 22.7 Å². The molecule has 0 fully saturated rings. The van der Waals surface area contributed by atoms with E-state index in [0.29, 0.717) is 27.8 Å². The van der Waals surface area contributed by atoms with Crippen molar-refractivity contribution in [1.29, 1.82) is 0 Å². The van der Waals surface area contributed by atoms with Gasteiger partial charge < -0.3 is 19.5 Å². The van der Waals surface area contributed by atoms with Crippen molar-refractivity contribution in [3.05, 3.63) is 45.2 Å². The number of rotatable bonds is 9. The number of thiazole rings is 1. The molecule has 164 valence electrons. The zero-order valence-electron chi connectivity index (χ0n) is 17.8. The zero-order valence-corrected chi connectivity index (χ0v) is 19.4. The van der Waals surface area contributed by atoms with E-state index < -0.39 is 5.97 Å². The molecule has 0 unspecified atom stereocenters. The standard InChI is InChI=1S/C22H24N2O5S2/c1-5-20-23-14(12-30-20)10-19(25)24-15-11-18(31-21(15)22(26)29-6-2)13-7-8-16(27-3)17(9-13)28-4/h7-9,11-12H,5-6,10H2,1-4H3,(H,24,25). The number of aryl methyl sites for hydroxylation is 1. The molecule has 0 aliphatic heterocycles. The Hall–Kier alpha value is -2.91. The molecule has 31 heavy (non-hydrogen) atoms. The molecule has 7 nitrogen and oxygen atoms in total. The van der Waals surface area contributed by atoms with Gasteiger partial charge in [0.15, 0.2) is 11.5 Å². The third-order valence-corrected chi connectivity index (χ3v) is 6.58. The van der Waals surface area contributed by atoms with E-state index in [1.807, 2.05) is 24.4 Å². The quantitative estimate of drug-likeness (QED) is 0.461. The summed E-state index contributed by atoms with van der Waals surface area (Å²) in [5.41, 5.74) is 1.97. The van der Waals surface area contributed by atoms with Gasteiger partial charge in [-0.05, 0) is 43.2 Å². The molecule has 9 heteroatoms. The maximum Gasteiger partial charge on any atom is 0.350 e. The first kappa shape index (κ1) is 22.8. The first-order valence-corrected chi connectivity index (χ1v) is 11.4. The van der Waals surface area contributed by atoms with E-state index >= 15 is 0 Å². The fourth-order valence-corrected chi connectivity index (χ4v) is 4.66. The molecule has 0 saturated heterocycles. The summed E-state index contributed by atoms with van der Waals surface area (Å²) in [4.78, 5) is 30.7. The number of amides is 1. The van der Waals surface area contributed by atoms with Crippen molar-refractivity contribution in [3.8, 4) is 21.9 Å². The molecular formula is C22H24N2O5S2. The van der Waals surface area contributed by atoms with Crippen LogP contribution in [0, 0.1) is 0 Å². The molecule has 0 aliphatic carbocycles. The Labute approximate surface area is 189 Å². The summed E-state index contributed by atoms with van der Waals surface area (Å²) in [7, 11) is 3.13. The Balaban J connectivity index is 1.89. The summed E-state index contributed by atoms with van der Waals surface area (Å²) in [5, 5.41) is 5.72. The number of methoxy groups -OCH3 is 2. The number of esters is 1. The molecule has 0 spiro atoms. The van der Waals surface area contributed by atoms with Crippen molar-refractivity contribution in [1.82, 2.24) is 4.98 Å². The number of nitrogens with zero attached hydrogens (tertiary/aromatic N) is 1. The Kier molecular flexibility index (Phi) is 7.64. The molecule has 2 aromatic heterocycles. The Bertz CT molecular complexity index is 1070. The minimum absolute atomic E-state index is 0.139. The van der Waals surface area contributed by atoms with Crippen molar-refractivity contribution in [2.45, 2.75) is 26.7 Å². The normalized spacial score (nSPS) is 10.6. The van der Waals surface area contributed by atoms with Gasteiger partial charge in [0.25, 0.3) is 0 Å². The van der Waals surface area contributed by atoms with Crippen LogP contribution < -0.4 is 14.8 Å². The predicted octanol–water partition coefficient (Wildman–Crippen LogP) is 4.81. The van der Waals surface area contributed by atoms with Crippen LogP contribution in [0.1, 0.15) is 34.2 Å². The van der Waals surface area contributed by atoms with Crippen molar-refractivity contribution < 1.29 is 23.8 Å². The molecule has 0 saturated carbocycles. The highest BCUT2D eigenvalue weighted by Crippen LogP contribution is 2.39. The van der Waals surface area contributed by atoms with Crippen LogP contribution in [0.2, 0.25) is 0 Å². The average molecular weight is 461 g/mol. The van der Waals surface area contributed by atoms with Crippen molar-refractivity contribution in [3.63, 3.8) is 0 Å². The van der Waals surface area contributed by atoms with Crippen molar-refractivity contribution >= 4 is 40.2 Å². The number of hydrogen-bond acceptors (Lipinski definition) is 8. The molecule has 0 bridgehead atoms.